The molecule has 9 nitrogen and oxygen atoms in total. The van der Waals surface area contributed by atoms with Crippen LogP contribution in [0.3, 0.4) is 0 Å². The van der Waals surface area contributed by atoms with Crippen LogP contribution >= 0.6 is 15.9 Å². The van der Waals surface area contributed by atoms with Gasteiger partial charge in [0.15, 0.2) is 11.2 Å². The highest BCUT2D eigenvalue weighted by Crippen LogP contribution is 2.29. The predicted molar refractivity (Wildman–Crippen MR) is 129 cm³/mol. The minimum absolute atomic E-state index is 0.0271. The van der Waals surface area contributed by atoms with Crippen LogP contribution < -0.4 is 16.0 Å². The number of halogens is 1. The molecule has 1 aliphatic rings. The van der Waals surface area contributed by atoms with Gasteiger partial charge in [-0.1, -0.05) is 6.07 Å². The third-order valence-electron chi connectivity index (χ3n) is 6.03. The normalized spacial score (nSPS) is 17.4. The van der Waals surface area contributed by atoms with Gasteiger partial charge in [0.2, 0.25) is 0 Å². The molecule has 10 heteroatoms. The largest absolute Gasteiger partial charge is 0.496 e. The molecule has 176 valence electrons. The van der Waals surface area contributed by atoms with Crippen molar-refractivity contribution in [3.63, 3.8) is 0 Å². The predicted octanol–water partition coefficient (Wildman–Crippen LogP) is 2.12. The molecule has 3 aromatic rings. The highest BCUT2D eigenvalue weighted by atomic mass is 79.9. The highest BCUT2D eigenvalue weighted by molar-refractivity contribution is 9.10. The first-order chi connectivity index (χ1) is 15.9. The van der Waals surface area contributed by atoms with E-state index in [-0.39, 0.29) is 30.9 Å². The summed E-state index contributed by atoms with van der Waals surface area (Å²) >= 11 is 3.50. The molecule has 1 aromatic carbocycles. The Bertz CT molecular complexity index is 1340. The van der Waals surface area contributed by atoms with Crippen LogP contribution in [0.4, 0.5) is 0 Å². The maximum absolute atomic E-state index is 13.4. The maximum atomic E-state index is 13.4. The van der Waals surface area contributed by atoms with E-state index in [0.717, 1.165) is 33.0 Å². The van der Waals surface area contributed by atoms with Gasteiger partial charge in [-0.25, -0.2) is 9.78 Å². The number of methoxy groups -OCH3 is 1. The lowest BCUT2D eigenvalue weighted by Crippen LogP contribution is -2.40. The Balaban J connectivity index is 1.99. The average Bonchev–Trinajstić information content (AvgIpc) is 3.35. The second kappa shape index (κ2) is 9.66. The second-order valence-corrected chi connectivity index (χ2v) is 8.89. The van der Waals surface area contributed by atoms with Crippen molar-refractivity contribution in [2.75, 3.05) is 13.7 Å². The van der Waals surface area contributed by atoms with E-state index < -0.39 is 17.4 Å². The standard InChI is InChI=1S/C23H27BrN4O5/c1-3-26-22(31)20-21(27(9-10-29)23(26)32)25-19(12-15-5-4-6-17(15)30)28(20)13-14-7-8-18(33-2)16(24)11-14/h7-8,11-12,17,29-30H,3-6,9-10,13H2,1-2H3/b15-12+/t17-/m1/s1. The van der Waals surface area contributed by atoms with Crippen molar-refractivity contribution in [1.82, 2.24) is 18.7 Å². The van der Waals surface area contributed by atoms with E-state index in [2.05, 4.69) is 20.9 Å². The van der Waals surface area contributed by atoms with Crippen molar-refractivity contribution in [3.05, 3.63) is 60.5 Å². The van der Waals surface area contributed by atoms with Gasteiger partial charge in [-0.15, -0.1) is 0 Å². The number of aliphatic hydroxyl groups is 2. The van der Waals surface area contributed by atoms with Gasteiger partial charge in [0, 0.05) is 13.1 Å². The fourth-order valence-electron chi connectivity index (χ4n) is 4.33. The van der Waals surface area contributed by atoms with Gasteiger partial charge in [-0.2, -0.15) is 0 Å². The lowest BCUT2D eigenvalue weighted by atomic mass is 10.1. The number of fused-ring (bicyclic) bond motifs is 1. The lowest BCUT2D eigenvalue weighted by molar-refractivity contribution is 0.219. The van der Waals surface area contributed by atoms with Crippen LogP contribution in [-0.2, 0) is 19.6 Å². The minimum Gasteiger partial charge on any atom is -0.496 e. The molecule has 1 saturated carbocycles. The van der Waals surface area contributed by atoms with Gasteiger partial charge in [-0.05, 0) is 71.5 Å². The molecule has 2 aromatic heterocycles. The van der Waals surface area contributed by atoms with Crippen LogP contribution in [0.2, 0.25) is 0 Å². The molecule has 2 heterocycles. The van der Waals surface area contributed by atoms with Crippen LogP contribution in [0, 0.1) is 0 Å². The van der Waals surface area contributed by atoms with Gasteiger partial charge in [0.25, 0.3) is 5.56 Å². The fraction of sp³-hybridized carbons (Fsp3) is 0.435. The molecule has 0 saturated heterocycles. The zero-order valence-electron chi connectivity index (χ0n) is 18.6. The molecule has 33 heavy (non-hydrogen) atoms. The molecule has 1 aliphatic carbocycles. The maximum Gasteiger partial charge on any atom is 0.332 e. The topological polar surface area (TPSA) is 112 Å². The molecule has 1 atom stereocenters. The number of ether oxygens (including phenoxy) is 1. The summed E-state index contributed by atoms with van der Waals surface area (Å²) in [5, 5.41) is 19.9. The number of benzene rings is 1. The van der Waals surface area contributed by atoms with E-state index in [1.807, 2.05) is 24.3 Å². The molecule has 0 amide bonds. The SMILES string of the molecule is CCn1c(=O)c2c(nc(/C=C3\CCC[C@H]3O)n2Cc2ccc(OC)c(Br)c2)n(CCO)c1=O. The summed E-state index contributed by atoms with van der Waals surface area (Å²) in [5.41, 5.74) is 1.35. The van der Waals surface area contributed by atoms with Crippen molar-refractivity contribution in [3.8, 4) is 5.75 Å². The number of imidazole rings is 1. The monoisotopic (exact) mass is 518 g/mol. The number of aromatic nitrogens is 4. The Morgan fingerprint density at radius 2 is 2.06 bits per heavy atom. The summed E-state index contributed by atoms with van der Waals surface area (Å²) in [4.78, 5) is 30.9. The molecule has 0 radical (unpaired) electrons. The highest BCUT2D eigenvalue weighted by Gasteiger charge is 2.23. The zero-order chi connectivity index (χ0) is 23.7. The lowest BCUT2D eigenvalue weighted by Gasteiger charge is -2.12. The van der Waals surface area contributed by atoms with Crippen LogP contribution in [0.1, 0.15) is 37.6 Å². The van der Waals surface area contributed by atoms with Gasteiger partial charge >= 0.3 is 5.69 Å². The second-order valence-electron chi connectivity index (χ2n) is 8.03. The molecule has 0 bridgehead atoms. The number of hydrogen-bond donors (Lipinski definition) is 2. The van der Waals surface area contributed by atoms with Crippen molar-refractivity contribution < 1.29 is 14.9 Å². The Morgan fingerprint density at radius 3 is 2.67 bits per heavy atom. The van der Waals surface area contributed by atoms with Crippen molar-refractivity contribution in [2.45, 2.75) is 51.9 Å². The van der Waals surface area contributed by atoms with Crippen molar-refractivity contribution in [1.29, 1.82) is 0 Å². The van der Waals surface area contributed by atoms with Crippen LogP contribution in [0.5, 0.6) is 5.75 Å². The number of hydrogen-bond acceptors (Lipinski definition) is 6. The van der Waals surface area contributed by atoms with Crippen LogP contribution in [0.25, 0.3) is 17.2 Å². The quantitative estimate of drug-likeness (QED) is 0.495. The van der Waals surface area contributed by atoms with Gasteiger partial charge in [-0.3, -0.25) is 13.9 Å². The van der Waals surface area contributed by atoms with Gasteiger partial charge in [0.1, 0.15) is 11.6 Å². The average molecular weight is 519 g/mol. The Morgan fingerprint density at radius 1 is 1.27 bits per heavy atom. The van der Waals surface area contributed by atoms with E-state index in [1.54, 1.807) is 18.6 Å². The molecule has 0 unspecified atom stereocenters. The first-order valence-electron chi connectivity index (χ1n) is 10.9. The molecule has 4 rings (SSSR count). The zero-order valence-corrected chi connectivity index (χ0v) is 20.2. The Kier molecular flexibility index (Phi) is 6.87. The van der Waals surface area contributed by atoms with Crippen LogP contribution in [-0.4, -0.2) is 48.7 Å². The van der Waals surface area contributed by atoms with Gasteiger partial charge < -0.3 is 19.5 Å². The number of aliphatic hydroxyl groups excluding tert-OH is 2. The van der Waals surface area contributed by atoms with E-state index in [1.165, 1.54) is 4.57 Å². The van der Waals surface area contributed by atoms with Gasteiger partial charge in [0.05, 0.1) is 30.8 Å². The Hall–Kier alpha value is -2.69. The summed E-state index contributed by atoms with van der Waals surface area (Å²) in [6.07, 6.45) is 3.60. The molecular formula is C23H27BrN4O5. The van der Waals surface area contributed by atoms with E-state index in [9.17, 15) is 19.8 Å². The van der Waals surface area contributed by atoms with Crippen LogP contribution in [0.15, 0.2) is 37.8 Å². The van der Waals surface area contributed by atoms with Crippen molar-refractivity contribution >= 4 is 33.2 Å². The summed E-state index contributed by atoms with van der Waals surface area (Å²) < 4.78 is 10.4. The molecule has 0 spiro atoms. The summed E-state index contributed by atoms with van der Waals surface area (Å²) in [7, 11) is 1.59. The molecule has 2 N–H and O–H groups in total. The minimum atomic E-state index is -0.541. The first kappa shape index (κ1) is 23.5. The summed E-state index contributed by atoms with van der Waals surface area (Å²) in [6, 6.07) is 5.65. The summed E-state index contributed by atoms with van der Waals surface area (Å²) in [5.74, 6) is 1.18. The third kappa shape index (κ3) is 4.30. The Labute approximate surface area is 198 Å². The van der Waals surface area contributed by atoms with E-state index in [4.69, 9.17) is 4.74 Å². The number of rotatable bonds is 7. The summed E-state index contributed by atoms with van der Waals surface area (Å²) in [6.45, 7) is 2.03. The molecule has 1 fully saturated rings. The third-order valence-corrected chi connectivity index (χ3v) is 6.65. The van der Waals surface area contributed by atoms with E-state index >= 15 is 0 Å². The smallest absolute Gasteiger partial charge is 0.332 e. The number of nitrogens with zero attached hydrogens (tertiary/aromatic N) is 4. The van der Waals surface area contributed by atoms with Crippen molar-refractivity contribution in [2.24, 2.45) is 0 Å². The molecular weight excluding hydrogens is 492 g/mol. The fourth-order valence-corrected chi connectivity index (χ4v) is 4.92. The molecule has 0 aliphatic heterocycles. The van der Waals surface area contributed by atoms with E-state index in [0.29, 0.717) is 24.5 Å². The first-order valence-corrected chi connectivity index (χ1v) is 11.7.